The van der Waals surface area contributed by atoms with Gasteiger partial charge in [0.05, 0.1) is 0 Å². The average molecular weight is 591 g/mol. The molecule has 0 bridgehead atoms. The van der Waals surface area contributed by atoms with Crippen molar-refractivity contribution in [1.82, 2.24) is 20.6 Å². The van der Waals surface area contributed by atoms with Crippen molar-refractivity contribution in [1.29, 1.82) is 0 Å². The van der Waals surface area contributed by atoms with Gasteiger partial charge in [0.1, 0.15) is 0 Å². The second-order valence-corrected chi connectivity index (χ2v) is 10.2. The van der Waals surface area contributed by atoms with E-state index in [1.807, 2.05) is 12.4 Å². The van der Waals surface area contributed by atoms with Gasteiger partial charge in [-0.15, -0.1) is 0 Å². The van der Waals surface area contributed by atoms with Crippen LogP contribution in [0.4, 0.5) is 0 Å². The number of aromatic nitrogens is 2. The minimum absolute atomic E-state index is 0.925. The quantitative estimate of drug-likeness (QED) is 0.0838. The number of carboxylic acid groups (broad SMARTS) is 2. The topological polar surface area (TPSA) is 130 Å². The van der Waals surface area contributed by atoms with Crippen LogP contribution in [-0.4, -0.2) is 45.2 Å². The van der Waals surface area contributed by atoms with E-state index in [9.17, 15) is 0 Å². The lowest BCUT2D eigenvalue weighted by atomic mass is 10.1. The minimum Gasteiger partial charge on any atom is -0.473 e. The maximum atomic E-state index is 9.10. The molecule has 0 unspecified atom stereocenters. The van der Waals surface area contributed by atoms with Crippen LogP contribution in [0.3, 0.4) is 0 Å². The highest BCUT2D eigenvalue weighted by Gasteiger charge is 2.04. The Labute approximate surface area is 256 Å². The first-order chi connectivity index (χ1) is 21.5. The zero-order valence-corrected chi connectivity index (χ0v) is 24.5. The lowest BCUT2D eigenvalue weighted by Gasteiger charge is -2.05. The van der Waals surface area contributed by atoms with Crippen molar-refractivity contribution in [2.24, 2.45) is 0 Å². The van der Waals surface area contributed by atoms with Crippen LogP contribution in [0.15, 0.2) is 122 Å². The van der Waals surface area contributed by atoms with Gasteiger partial charge in [0.2, 0.25) is 0 Å². The van der Waals surface area contributed by atoms with Crippen molar-refractivity contribution in [2.75, 3.05) is 13.1 Å². The van der Waals surface area contributed by atoms with Gasteiger partial charge in [0.15, 0.2) is 0 Å². The molecular formula is C36H38N4O4. The van der Waals surface area contributed by atoms with Crippen molar-refractivity contribution in [3.8, 4) is 0 Å². The summed E-state index contributed by atoms with van der Waals surface area (Å²) in [6, 6.07) is 38.5. The van der Waals surface area contributed by atoms with Crippen LogP contribution in [0.1, 0.15) is 22.3 Å². The molecule has 0 radical (unpaired) electrons. The molecule has 0 amide bonds. The number of nitrogens with one attached hydrogen (secondary N) is 4. The summed E-state index contributed by atoms with van der Waals surface area (Å²) in [5.74, 6) is -3.65. The molecule has 0 spiro atoms. The highest BCUT2D eigenvalue weighted by Crippen LogP contribution is 2.15. The van der Waals surface area contributed by atoms with Gasteiger partial charge in [-0.3, -0.25) is 0 Å². The molecule has 4 aromatic carbocycles. The van der Waals surface area contributed by atoms with Gasteiger partial charge in [0, 0.05) is 36.5 Å². The van der Waals surface area contributed by atoms with E-state index in [4.69, 9.17) is 19.8 Å². The maximum absolute atomic E-state index is 9.10. The van der Waals surface area contributed by atoms with E-state index in [0.717, 1.165) is 39.0 Å². The third-order valence-corrected chi connectivity index (χ3v) is 6.94. The smallest absolute Gasteiger partial charge is 0.414 e. The fraction of sp³-hybridized carbons (Fsp3) is 0.167. The number of hydrogen-bond donors (Lipinski definition) is 6. The number of H-pyrrole nitrogens is 2. The molecule has 0 aliphatic rings. The van der Waals surface area contributed by atoms with Crippen molar-refractivity contribution < 1.29 is 19.8 Å². The third-order valence-electron chi connectivity index (χ3n) is 6.94. The summed E-state index contributed by atoms with van der Waals surface area (Å²) in [7, 11) is 0. The number of carbonyl (C=O) groups is 2. The van der Waals surface area contributed by atoms with E-state index in [2.05, 4.69) is 130 Å². The molecule has 44 heavy (non-hydrogen) atoms. The number of carboxylic acids is 2. The van der Waals surface area contributed by atoms with Gasteiger partial charge in [-0.25, -0.2) is 9.59 Å². The molecule has 6 aromatic rings. The van der Waals surface area contributed by atoms with Crippen molar-refractivity contribution in [3.63, 3.8) is 0 Å². The number of rotatable bonds is 10. The average Bonchev–Trinajstić information content (AvgIpc) is 3.72. The second-order valence-electron chi connectivity index (χ2n) is 10.2. The summed E-state index contributed by atoms with van der Waals surface area (Å²) in [6.07, 6.45) is 6.12. The molecule has 2 aromatic heterocycles. The molecule has 0 atom stereocenters. The molecule has 8 heteroatoms. The largest absolute Gasteiger partial charge is 0.473 e. The summed E-state index contributed by atoms with van der Waals surface area (Å²) in [5, 5.41) is 24.3. The van der Waals surface area contributed by atoms with Crippen molar-refractivity contribution >= 4 is 33.7 Å². The Morgan fingerprint density at radius 1 is 0.523 bits per heavy atom. The summed E-state index contributed by atoms with van der Waals surface area (Å²) >= 11 is 0. The first kappa shape index (κ1) is 31.7. The van der Waals surface area contributed by atoms with Crippen LogP contribution in [0, 0.1) is 0 Å². The summed E-state index contributed by atoms with van der Waals surface area (Å²) in [4.78, 5) is 24.6. The molecule has 0 aliphatic heterocycles. The van der Waals surface area contributed by atoms with E-state index in [-0.39, 0.29) is 0 Å². The highest BCUT2D eigenvalue weighted by atomic mass is 16.4. The predicted octanol–water partition coefficient (Wildman–Crippen LogP) is 6.16. The Morgan fingerprint density at radius 3 is 1.32 bits per heavy atom. The van der Waals surface area contributed by atoms with Gasteiger partial charge in [-0.05, 0) is 95.4 Å². The first-order valence-corrected chi connectivity index (χ1v) is 14.6. The van der Waals surface area contributed by atoms with Crippen LogP contribution in [0.2, 0.25) is 0 Å². The van der Waals surface area contributed by atoms with Gasteiger partial charge in [-0.2, -0.15) is 0 Å². The molecule has 0 saturated heterocycles. The first-order valence-electron chi connectivity index (χ1n) is 14.6. The van der Waals surface area contributed by atoms with Crippen molar-refractivity contribution in [3.05, 3.63) is 144 Å². The van der Waals surface area contributed by atoms with Gasteiger partial charge in [-0.1, -0.05) is 72.8 Å². The second kappa shape index (κ2) is 17.1. The van der Waals surface area contributed by atoms with Crippen LogP contribution in [-0.2, 0) is 35.5 Å². The van der Waals surface area contributed by atoms with Crippen molar-refractivity contribution in [2.45, 2.75) is 25.9 Å². The molecule has 8 nitrogen and oxygen atoms in total. The normalized spacial score (nSPS) is 10.5. The van der Waals surface area contributed by atoms with Gasteiger partial charge >= 0.3 is 11.9 Å². The van der Waals surface area contributed by atoms with E-state index < -0.39 is 11.9 Å². The summed E-state index contributed by atoms with van der Waals surface area (Å²) < 4.78 is 0. The number of fused-ring (bicyclic) bond motifs is 2. The van der Waals surface area contributed by atoms with Gasteiger partial charge in [0.25, 0.3) is 0 Å². The molecule has 0 fully saturated rings. The van der Waals surface area contributed by atoms with Crippen LogP contribution >= 0.6 is 0 Å². The summed E-state index contributed by atoms with van der Waals surface area (Å²) in [5.41, 5.74) is 7.84. The number of benzene rings is 4. The van der Waals surface area contributed by atoms with Gasteiger partial charge < -0.3 is 30.8 Å². The number of aliphatic carboxylic acids is 2. The molecule has 6 rings (SSSR count). The van der Waals surface area contributed by atoms with Crippen LogP contribution in [0.5, 0.6) is 0 Å². The SMILES string of the molecule is O=C(O)C(=O)O.c1ccc(CCNCc2ccc3[nH]ccc3c2)cc1.c1ccc(CCNCc2ccc3[nH]ccc3c2)cc1. The van der Waals surface area contributed by atoms with Crippen LogP contribution in [0.25, 0.3) is 21.8 Å². The Kier molecular flexibility index (Phi) is 12.3. The number of hydrogen-bond acceptors (Lipinski definition) is 4. The monoisotopic (exact) mass is 590 g/mol. The Bertz CT molecular complexity index is 1600. The standard InChI is InChI=1S/2C17H18N2.C2H2O4/c2*1-2-4-14(5-3-1)8-10-18-13-15-6-7-17-16(12-15)9-11-19-17;3-1(4)2(5)6/h2*1-7,9,11-12,18-19H,8,10,13H2;(H,3,4)(H,5,6). The zero-order valence-electron chi connectivity index (χ0n) is 24.5. The zero-order chi connectivity index (χ0) is 31.0. The molecule has 0 saturated carbocycles. The predicted molar refractivity (Wildman–Crippen MR) is 176 cm³/mol. The Hall–Kier alpha value is -5.18. The molecule has 6 N–H and O–H groups in total. The van der Waals surface area contributed by atoms with E-state index in [1.165, 1.54) is 44.1 Å². The number of aromatic amines is 2. The molecule has 2 heterocycles. The van der Waals surface area contributed by atoms with Crippen LogP contribution < -0.4 is 10.6 Å². The summed E-state index contributed by atoms with van der Waals surface area (Å²) in [6.45, 7) is 3.87. The Balaban J connectivity index is 0.000000170. The van der Waals surface area contributed by atoms with E-state index in [1.54, 1.807) is 0 Å². The Morgan fingerprint density at radius 2 is 0.932 bits per heavy atom. The molecule has 0 aliphatic carbocycles. The fourth-order valence-corrected chi connectivity index (χ4v) is 4.65. The lowest BCUT2D eigenvalue weighted by molar-refractivity contribution is -0.159. The van der Waals surface area contributed by atoms with E-state index >= 15 is 0 Å². The lowest BCUT2D eigenvalue weighted by Crippen LogP contribution is -2.16. The van der Waals surface area contributed by atoms with E-state index in [0.29, 0.717) is 0 Å². The molecular weight excluding hydrogens is 552 g/mol. The molecule has 226 valence electrons. The minimum atomic E-state index is -1.82. The third kappa shape index (κ3) is 10.6. The highest BCUT2D eigenvalue weighted by molar-refractivity contribution is 6.27. The maximum Gasteiger partial charge on any atom is 0.414 e. The fourth-order valence-electron chi connectivity index (χ4n) is 4.65.